The van der Waals surface area contributed by atoms with Crippen LogP contribution in [0.3, 0.4) is 0 Å². The highest BCUT2D eigenvalue weighted by Crippen LogP contribution is 2.22. The fraction of sp³-hybridized carbons (Fsp3) is 0.600. The molecule has 2 atom stereocenters. The van der Waals surface area contributed by atoms with Crippen LogP contribution in [-0.2, 0) is 0 Å². The molecule has 0 aliphatic rings. The topological polar surface area (TPSA) is 26.0 Å². The average Bonchev–Trinajstić information content (AvgIpc) is 2.16. The molecule has 0 amide bonds. The summed E-state index contributed by atoms with van der Waals surface area (Å²) in [7, 11) is 0. The van der Waals surface area contributed by atoms with Crippen molar-refractivity contribution in [3.05, 3.63) is 35.4 Å². The summed E-state index contributed by atoms with van der Waals surface area (Å²) in [6.07, 6.45) is 2.21. The molecule has 1 aromatic rings. The second kappa shape index (κ2) is 6.05. The Balaban J connectivity index is 2.51. The molecule has 1 nitrogen and oxygen atoms in total. The zero-order valence-corrected chi connectivity index (χ0v) is 11.0. The smallest absolute Gasteiger partial charge is 0.00469 e. The molecule has 0 bridgehead atoms. The molecule has 1 aromatic carbocycles. The summed E-state index contributed by atoms with van der Waals surface area (Å²) in [5.74, 6) is 1.26. The number of hydrogen-bond donors (Lipinski definition) is 1. The van der Waals surface area contributed by atoms with Crippen molar-refractivity contribution >= 4 is 0 Å². The SMILES string of the molecule is Cc1ccc(C(C)CC(N)CC(C)C)cc1. The third kappa shape index (κ3) is 4.36. The molecule has 0 saturated carbocycles. The van der Waals surface area contributed by atoms with Crippen LogP contribution in [0, 0.1) is 12.8 Å². The van der Waals surface area contributed by atoms with Crippen molar-refractivity contribution in [1.29, 1.82) is 0 Å². The van der Waals surface area contributed by atoms with Gasteiger partial charge in [0, 0.05) is 6.04 Å². The monoisotopic (exact) mass is 219 g/mol. The Labute approximate surface area is 100 Å². The highest BCUT2D eigenvalue weighted by molar-refractivity contribution is 5.24. The summed E-state index contributed by atoms with van der Waals surface area (Å²) in [6, 6.07) is 9.14. The Morgan fingerprint density at radius 1 is 1.00 bits per heavy atom. The Bertz CT molecular complexity index is 300. The van der Waals surface area contributed by atoms with Crippen molar-refractivity contribution in [2.24, 2.45) is 11.7 Å². The number of aryl methyl sites for hydroxylation is 1. The van der Waals surface area contributed by atoms with Gasteiger partial charge in [0.25, 0.3) is 0 Å². The molecule has 16 heavy (non-hydrogen) atoms. The van der Waals surface area contributed by atoms with Gasteiger partial charge in [-0.3, -0.25) is 0 Å². The summed E-state index contributed by atoms with van der Waals surface area (Å²) in [5, 5.41) is 0. The average molecular weight is 219 g/mol. The van der Waals surface area contributed by atoms with Crippen molar-refractivity contribution in [2.75, 3.05) is 0 Å². The molecule has 0 aliphatic heterocycles. The van der Waals surface area contributed by atoms with Crippen LogP contribution in [0.2, 0.25) is 0 Å². The minimum absolute atomic E-state index is 0.330. The van der Waals surface area contributed by atoms with Gasteiger partial charge in [-0.25, -0.2) is 0 Å². The fourth-order valence-corrected chi connectivity index (χ4v) is 2.19. The molecular formula is C15H25N. The van der Waals surface area contributed by atoms with Gasteiger partial charge in [-0.1, -0.05) is 50.6 Å². The molecule has 0 saturated heterocycles. The minimum Gasteiger partial charge on any atom is -0.328 e. The van der Waals surface area contributed by atoms with Crippen molar-refractivity contribution in [3.63, 3.8) is 0 Å². The predicted octanol–water partition coefficient (Wildman–Crippen LogP) is 3.86. The van der Waals surface area contributed by atoms with E-state index in [9.17, 15) is 0 Å². The second-order valence-corrected chi connectivity index (χ2v) is 5.44. The van der Waals surface area contributed by atoms with Gasteiger partial charge < -0.3 is 5.73 Å². The van der Waals surface area contributed by atoms with Crippen LogP contribution >= 0.6 is 0 Å². The lowest BCUT2D eigenvalue weighted by atomic mass is 9.90. The van der Waals surface area contributed by atoms with Gasteiger partial charge in [-0.05, 0) is 37.2 Å². The van der Waals surface area contributed by atoms with Crippen LogP contribution in [0.1, 0.15) is 50.7 Å². The first-order valence-electron chi connectivity index (χ1n) is 6.31. The Hall–Kier alpha value is -0.820. The van der Waals surface area contributed by atoms with Gasteiger partial charge in [0.2, 0.25) is 0 Å². The lowest BCUT2D eigenvalue weighted by molar-refractivity contribution is 0.449. The Morgan fingerprint density at radius 2 is 1.56 bits per heavy atom. The number of nitrogens with two attached hydrogens (primary N) is 1. The van der Waals surface area contributed by atoms with Gasteiger partial charge in [-0.2, -0.15) is 0 Å². The summed E-state index contributed by atoms with van der Waals surface area (Å²) in [4.78, 5) is 0. The van der Waals surface area contributed by atoms with E-state index in [1.54, 1.807) is 0 Å². The van der Waals surface area contributed by atoms with E-state index < -0.39 is 0 Å². The summed E-state index contributed by atoms with van der Waals surface area (Å²) in [5.41, 5.74) is 8.87. The molecule has 2 N–H and O–H groups in total. The van der Waals surface area contributed by atoms with E-state index in [1.807, 2.05) is 0 Å². The molecule has 0 aromatic heterocycles. The molecule has 0 aliphatic carbocycles. The summed E-state index contributed by atoms with van der Waals surface area (Å²) < 4.78 is 0. The maximum atomic E-state index is 6.14. The van der Waals surface area contributed by atoms with E-state index in [4.69, 9.17) is 5.73 Å². The first-order valence-corrected chi connectivity index (χ1v) is 6.31. The standard InChI is InChI=1S/C15H25N/c1-11(2)9-15(16)10-13(4)14-7-5-12(3)6-8-14/h5-8,11,13,15H,9-10,16H2,1-4H3. The molecule has 0 radical (unpaired) electrons. The van der Waals surface area contributed by atoms with E-state index >= 15 is 0 Å². The lowest BCUT2D eigenvalue weighted by Crippen LogP contribution is -2.24. The molecule has 0 heterocycles. The van der Waals surface area contributed by atoms with Gasteiger partial charge in [0.15, 0.2) is 0 Å². The van der Waals surface area contributed by atoms with Crippen LogP contribution < -0.4 is 5.73 Å². The summed E-state index contributed by atoms with van der Waals surface area (Å²) in [6.45, 7) is 8.86. The molecule has 0 spiro atoms. The third-order valence-corrected chi connectivity index (χ3v) is 3.08. The quantitative estimate of drug-likeness (QED) is 0.799. The number of benzene rings is 1. The van der Waals surface area contributed by atoms with Crippen molar-refractivity contribution in [3.8, 4) is 0 Å². The number of rotatable bonds is 5. The molecule has 1 heteroatoms. The van der Waals surface area contributed by atoms with Crippen LogP contribution in [0.15, 0.2) is 24.3 Å². The second-order valence-electron chi connectivity index (χ2n) is 5.44. The summed E-state index contributed by atoms with van der Waals surface area (Å²) >= 11 is 0. The van der Waals surface area contributed by atoms with Gasteiger partial charge >= 0.3 is 0 Å². The number of hydrogen-bond acceptors (Lipinski definition) is 1. The Kier molecular flexibility index (Phi) is 5.01. The highest BCUT2D eigenvalue weighted by atomic mass is 14.6. The predicted molar refractivity (Wildman–Crippen MR) is 71.6 cm³/mol. The molecule has 1 rings (SSSR count). The molecule has 0 fully saturated rings. The van der Waals surface area contributed by atoms with Crippen LogP contribution in [-0.4, -0.2) is 6.04 Å². The van der Waals surface area contributed by atoms with E-state index in [2.05, 4.69) is 52.0 Å². The molecular weight excluding hydrogens is 194 g/mol. The lowest BCUT2D eigenvalue weighted by Gasteiger charge is -2.19. The maximum Gasteiger partial charge on any atom is 0.00469 e. The molecule has 2 unspecified atom stereocenters. The maximum absolute atomic E-state index is 6.14. The largest absolute Gasteiger partial charge is 0.328 e. The van der Waals surface area contributed by atoms with E-state index in [0.717, 1.165) is 12.8 Å². The Morgan fingerprint density at radius 3 is 2.06 bits per heavy atom. The van der Waals surface area contributed by atoms with Crippen LogP contribution in [0.25, 0.3) is 0 Å². The van der Waals surface area contributed by atoms with Gasteiger partial charge in [-0.15, -0.1) is 0 Å². The van der Waals surface area contributed by atoms with Crippen molar-refractivity contribution < 1.29 is 0 Å². The van der Waals surface area contributed by atoms with E-state index in [1.165, 1.54) is 11.1 Å². The zero-order valence-electron chi connectivity index (χ0n) is 11.0. The first kappa shape index (κ1) is 13.2. The fourth-order valence-electron chi connectivity index (χ4n) is 2.19. The normalized spacial score (nSPS) is 15.1. The minimum atomic E-state index is 0.330. The van der Waals surface area contributed by atoms with E-state index in [-0.39, 0.29) is 0 Å². The van der Waals surface area contributed by atoms with Gasteiger partial charge in [0.1, 0.15) is 0 Å². The molecule has 90 valence electrons. The third-order valence-electron chi connectivity index (χ3n) is 3.08. The van der Waals surface area contributed by atoms with Crippen molar-refractivity contribution in [2.45, 2.75) is 52.5 Å². The zero-order chi connectivity index (χ0) is 12.1. The van der Waals surface area contributed by atoms with Gasteiger partial charge in [0.05, 0.1) is 0 Å². The van der Waals surface area contributed by atoms with Crippen LogP contribution in [0.4, 0.5) is 0 Å². The first-order chi connectivity index (χ1) is 7.49. The highest BCUT2D eigenvalue weighted by Gasteiger charge is 2.12. The van der Waals surface area contributed by atoms with Crippen LogP contribution in [0.5, 0.6) is 0 Å². The van der Waals surface area contributed by atoms with E-state index in [0.29, 0.717) is 17.9 Å². The van der Waals surface area contributed by atoms with Crippen molar-refractivity contribution in [1.82, 2.24) is 0 Å².